The molecule has 0 radical (unpaired) electrons. The molecule has 158 valence electrons. The zero-order chi connectivity index (χ0) is 20.8. The van der Waals surface area contributed by atoms with Crippen molar-refractivity contribution in [1.82, 2.24) is 15.5 Å². The van der Waals surface area contributed by atoms with E-state index in [-0.39, 0.29) is 5.54 Å². The van der Waals surface area contributed by atoms with Crippen LogP contribution < -0.4 is 10.6 Å². The molecule has 1 unspecified atom stereocenters. The van der Waals surface area contributed by atoms with Crippen molar-refractivity contribution in [3.63, 3.8) is 0 Å². The van der Waals surface area contributed by atoms with Crippen molar-refractivity contribution < 1.29 is 8.42 Å². The largest absolute Gasteiger partial charge is 0.356 e. The van der Waals surface area contributed by atoms with Crippen LogP contribution in [0.25, 0.3) is 0 Å². The van der Waals surface area contributed by atoms with Crippen LogP contribution in [0.15, 0.2) is 34.2 Å². The predicted molar refractivity (Wildman–Crippen MR) is 117 cm³/mol. The van der Waals surface area contributed by atoms with E-state index < -0.39 is 9.84 Å². The van der Waals surface area contributed by atoms with Crippen molar-refractivity contribution in [3.05, 3.63) is 29.8 Å². The second-order valence-electron chi connectivity index (χ2n) is 8.52. The highest BCUT2D eigenvalue weighted by Gasteiger charge is 2.30. The Morgan fingerprint density at radius 1 is 1.25 bits per heavy atom. The molecule has 28 heavy (non-hydrogen) atoms. The fourth-order valence-corrected chi connectivity index (χ4v) is 4.23. The number of piperidine rings is 1. The maximum absolute atomic E-state index is 11.5. The van der Waals surface area contributed by atoms with Gasteiger partial charge in [-0.15, -0.1) is 0 Å². The van der Waals surface area contributed by atoms with E-state index in [2.05, 4.69) is 41.3 Å². The second kappa shape index (κ2) is 9.74. The Kier molecular flexibility index (Phi) is 7.89. The molecule has 2 N–H and O–H groups in total. The summed E-state index contributed by atoms with van der Waals surface area (Å²) in [6.07, 6.45) is 4.63. The number of rotatable bonds is 7. The van der Waals surface area contributed by atoms with Gasteiger partial charge in [0.2, 0.25) is 0 Å². The average molecular weight is 409 g/mol. The summed E-state index contributed by atoms with van der Waals surface area (Å²) in [5.41, 5.74) is 1.17. The van der Waals surface area contributed by atoms with E-state index in [4.69, 9.17) is 0 Å². The van der Waals surface area contributed by atoms with E-state index in [1.54, 1.807) is 19.2 Å². The van der Waals surface area contributed by atoms with Crippen LogP contribution in [0.3, 0.4) is 0 Å². The number of likely N-dealkylation sites (tertiary alicyclic amines) is 1. The molecule has 1 aromatic rings. The molecular formula is C21H36N4O2S. The third-order valence-corrected chi connectivity index (χ3v) is 6.61. The molecular weight excluding hydrogens is 372 g/mol. The molecule has 0 saturated carbocycles. The monoisotopic (exact) mass is 408 g/mol. The lowest BCUT2D eigenvalue weighted by Gasteiger charge is -2.43. The summed E-state index contributed by atoms with van der Waals surface area (Å²) in [6.45, 7) is 10.8. The van der Waals surface area contributed by atoms with Gasteiger partial charge >= 0.3 is 0 Å². The molecule has 6 nitrogen and oxygen atoms in total. The number of aliphatic imine (C=N–C) groups is 1. The number of sulfone groups is 1. The highest BCUT2D eigenvalue weighted by molar-refractivity contribution is 7.90. The number of hydrogen-bond donors (Lipinski definition) is 2. The van der Waals surface area contributed by atoms with E-state index in [1.165, 1.54) is 19.1 Å². The molecule has 1 heterocycles. The fourth-order valence-electron chi connectivity index (χ4n) is 3.60. The van der Waals surface area contributed by atoms with Crippen LogP contribution in [0.1, 0.15) is 39.2 Å². The van der Waals surface area contributed by atoms with Gasteiger partial charge in [-0.25, -0.2) is 8.42 Å². The molecule has 0 aromatic heterocycles. The van der Waals surface area contributed by atoms with Gasteiger partial charge in [0.05, 0.1) is 4.90 Å². The Labute approximate surface area is 170 Å². The van der Waals surface area contributed by atoms with Crippen molar-refractivity contribution in [2.45, 2.75) is 50.5 Å². The molecule has 1 fully saturated rings. The molecule has 1 aliphatic heterocycles. The highest BCUT2D eigenvalue weighted by Crippen LogP contribution is 2.23. The molecule has 0 spiro atoms. The van der Waals surface area contributed by atoms with Gasteiger partial charge < -0.3 is 10.6 Å². The summed E-state index contributed by atoms with van der Waals surface area (Å²) < 4.78 is 23.1. The Morgan fingerprint density at radius 3 is 2.50 bits per heavy atom. The maximum Gasteiger partial charge on any atom is 0.191 e. The first-order valence-corrected chi connectivity index (χ1v) is 12.0. The second-order valence-corrected chi connectivity index (χ2v) is 10.5. The minimum Gasteiger partial charge on any atom is -0.356 e. The lowest BCUT2D eigenvalue weighted by atomic mass is 9.93. The van der Waals surface area contributed by atoms with Crippen molar-refractivity contribution in [1.29, 1.82) is 0 Å². The topological polar surface area (TPSA) is 73.8 Å². The number of guanidine groups is 1. The maximum atomic E-state index is 11.5. The van der Waals surface area contributed by atoms with E-state index in [9.17, 15) is 8.42 Å². The number of nitrogens with zero attached hydrogens (tertiary/aromatic N) is 2. The first-order valence-electron chi connectivity index (χ1n) is 10.1. The number of hydrogen-bond acceptors (Lipinski definition) is 4. The van der Waals surface area contributed by atoms with Crippen molar-refractivity contribution in [2.24, 2.45) is 10.9 Å². The van der Waals surface area contributed by atoms with Gasteiger partial charge in [0.25, 0.3) is 0 Å². The molecule has 0 amide bonds. The van der Waals surface area contributed by atoms with Crippen LogP contribution in [0.4, 0.5) is 0 Å². The highest BCUT2D eigenvalue weighted by atomic mass is 32.2. The van der Waals surface area contributed by atoms with Crippen LogP contribution in [0.2, 0.25) is 0 Å². The third kappa shape index (κ3) is 6.78. The molecule has 7 heteroatoms. The van der Waals surface area contributed by atoms with Crippen LogP contribution in [0.5, 0.6) is 0 Å². The average Bonchev–Trinajstić information content (AvgIpc) is 2.64. The normalized spacial score (nSPS) is 19.5. The van der Waals surface area contributed by atoms with Crippen LogP contribution in [-0.4, -0.2) is 64.3 Å². The summed E-state index contributed by atoms with van der Waals surface area (Å²) in [4.78, 5) is 7.26. The van der Waals surface area contributed by atoms with Gasteiger partial charge in [0.1, 0.15) is 0 Å². The Morgan fingerprint density at radius 2 is 1.93 bits per heavy atom. The zero-order valence-electron chi connectivity index (χ0n) is 18.0. The van der Waals surface area contributed by atoms with Gasteiger partial charge in [-0.3, -0.25) is 9.89 Å². The third-order valence-electron chi connectivity index (χ3n) is 5.48. The zero-order valence-corrected chi connectivity index (χ0v) is 18.8. The summed E-state index contributed by atoms with van der Waals surface area (Å²) in [6, 6.07) is 7.07. The Balaban J connectivity index is 1.79. The van der Waals surface area contributed by atoms with Crippen LogP contribution >= 0.6 is 0 Å². The van der Waals surface area contributed by atoms with E-state index in [1.807, 2.05) is 12.1 Å². The summed E-state index contributed by atoms with van der Waals surface area (Å²) in [5.74, 6) is 1.56. The van der Waals surface area contributed by atoms with E-state index in [0.717, 1.165) is 50.0 Å². The standard InChI is InChI=1S/C21H36N4O2S/c1-17-7-6-14-25(15-17)21(2,3)16-24-20(22-4)23-13-12-18-8-10-19(11-9-18)28(5,26)27/h8-11,17H,6-7,12-16H2,1-5H3,(H2,22,23,24). The van der Waals surface area contributed by atoms with Gasteiger partial charge in [0.15, 0.2) is 15.8 Å². The fraction of sp³-hybridized carbons (Fsp3) is 0.667. The molecule has 2 rings (SSSR count). The molecule has 0 bridgehead atoms. The van der Waals surface area contributed by atoms with Crippen LogP contribution in [0, 0.1) is 5.92 Å². The van der Waals surface area contributed by atoms with Crippen molar-refractivity contribution in [2.75, 3.05) is 39.5 Å². The molecule has 1 aromatic carbocycles. The van der Waals surface area contributed by atoms with Gasteiger partial charge in [-0.05, 0) is 63.3 Å². The quantitative estimate of drug-likeness (QED) is 0.535. The van der Waals surface area contributed by atoms with E-state index in [0.29, 0.717) is 4.90 Å². The molecule has 1 aliphatic rings. The summed E-state index contributed by atoms with van der Waals surface area (Å²) in [5, 5.41) is 6.80. The van der Waals surface area contributed by atoms with Crippen molar-refractivity contribution in [3.8, 4) is 0 Å². The first kappa shape index (κ1) is 22.7. The first-order chi connectivity index (χ1) is 13.1. The number of benzene rings is 1. The van der Waals surface area contributed by atoms with Crippen LogP contribution in [-0.2, 0) is 16.3 Å². The van der Waals surface area contributed by atoms with Gasteiger partial charge in [-0.1, -0.05) is 19.1 Å². The summed E-state index contributed by atoms with van der Waals surface area (Å²) in [7, 11) is -1.36. The van der Waals surface area contributed by atoms with Gasteiger partial charge in [-0.2, -0.15) is 0 Å². The van der Waals surface area contributed by atoms with E-state index >= 15 is 0 Å². The minimum absolute atomic E-state index is 0.0772. The molecule has 1 saturated heterocycles. The van der Waals surface area contributed by atoms with Crippen molar-refractivity contribution >= 4 is 15.8 Å². The smallest absolute Gasteiger partial charge is 0.191 e. The minimum atomic E-state index is -3.14. The van der Waals surface area contributed by atoms with Gasteiger partial charge in [0, 0.05) is 38.5 Å². The number of nitrogens with one attached hydrogen (secondary N) is 2. The lowest BCUT2D eigenvalue weighted by molar-refractivity contribution is 0.0739. The SMILES string of the molecule is CN=C(NCCc1ccc(S(C)(=O)=O)cc1)NCC(C)(C)N1CCCC(C)C1. The molecule has 1 atom stereocenters. The molecule has 0 aliphatic carbocycles. The Hall–Kier alpha value is -1.60. The predicted octanol–water partition coefficient (Wildman–Crippen LogP) is 2.31. The Bertz CT molecular complexity index is 757. The lowest BCUT2D eigenvalue weighted by Crippen LogP contribution is -2.56. The summed E-state index contributed by atoms with van der Waals surface area (Å²) >= 11 is 0.